The molecule has 4 heterocycles. The first-order valence-electron chi connectivity index (χ1n) is 18.3. The van der Waals surface area contributed by atoms with Crippen molar-refractivity contribution >= 4 is 35.3 Å². The molecule has 2 aliphatic heterocycles. The molecule has 8 rings (SSSR count). The van der Waals surface area contributed by atoms with Gasteiger partial charge in [0, 0.05) is 54.5 Å². The minimum Gasteiger partial charge on any atom is -0.489 e. The molecule has 4 aliphatic rings. The summed E-state index contributed by atoms with van der Waals surface area (Å²) in [6.07, 6.45) is 11.8. The predicted octanol–water partition coefficient (Wildman–Crippen LogP) is 5.34. The maximum absolute atomic E-state index is 13.1. The molecule has 1 saturated heterocycles. The van der Waals surface area contributed by atoms with Crippen molar-refractivity contribution in [2.24, 2.45) is 13.0 Å². The van der Waals surface area contributed by atoms with Crippen LogP contribution in [0.15, 0.2) is 54.9 Å². The minimum absolute atomic E-state index is 0.209. The molecule has 2 aromatic carbocycles. The molecule has 2 aliphatic carbocycles. The van der Waals surface area contributed by atoms with Gasteiger partial charge in [-0.15, -0.1) is 0 Å². The van der Waals surface area contributed by atoms with Crippen molar-refractivity contribution in [1.82, 2.24) is 35.3 Å². The third-order valence-electron chi connectivity index (χ3n) is 10.9. The molecule has 0 spiro atoms. The van der Waals surface area contributed by atoms with Crippen molar-refractivity contribution in [2.45, 2.75) is 95.6 Å². The Morgan fingerprint density at radius 2 is 1.69 bits per heavy atom. The van der Waals surface area contributed by atoms with Crippen molar-refractivity contribution in [3.63, 3.8) is 0 Å². The van der Waals surface area contributed by atoms with Gasteiger partial charge in [0.25, 0.3) is 5.91 Å². The normalized spacial score (nSPS) is 21.6. The Balaban J connectivity index is 0.800. The summed E-state index contributed by atoms with van der Waals surface area (Å²) in [4.78, 5) is 48.1. The Morgan fingerprint density at radius 3 is 2.46 bits per heavy atom. The van der Waals surface area contributed by atoms with Crippen molar-refractivity contribution in [2.75, 3.05) is 5.32 Å². The Hall–Kier alpha value is -4.81. The van der Waals surface area contributed by atoms with E-state index in [9.17, 15) is 14.4 Å². The highest BCUT2D eigenvalue weighted by Crippen LogP contribution is 2.37. The third-order valence-corrected chi connectivity index (χ3v) is 11.1. The van der Waals surface area contributed by atoms with E-state index in [1.807, 2.05) is 24.0 Å². The van der Waals surface area contributed by atoms with Gasteiger partial charge >= 0.3 is 0 Å². The molecule has 1 atom stereocenters. The zero-order valence-corrected chi connectivity index (χ0v) is 30.0. The zero-order valence-electron chi connectivity index (χ0n) is 29.2. The van der Waals surface area contributed by atoms with E-state index in [1.165, 1.54) is 24.1 Å². The van der Waals surface area contributed by atoms with Crippen molar-refractivity contribution in [3.05, 3.63) is 87.8 Å². The predicted molar refractivity (Wildman–Crippen MR) is 195 cm³/mol. The van der Waals surface area contributed by atoms with E-state index in [2.05, 4.69) is 50.3 Å². The molecule has 13 heteroatoms. The Labute approximate surface area is 307 Å². The molecule has 0 radical (unpaired) electrons. The van der Waals surface area contributed by atoms with Crippen LogP contribution < -0.4 is 20.7 Å². The molecule has 0 bridgehead atoms. The Bertz CT molecular complexity index is 1990. The Kier molecular flexibility index (Phi) is 9.67. The second-order valence-electron chi connectivity index (χ2n) is 14.5. The molecule has 1 unspecified atom stereocenters. The Morgan fingerprint density at radius 1 is 0.923 bits per heavy atom. The second kappa shape index (κ2) is 14.7. The van der Waals surface area contributed by atoms with Gasteiger partial charge in [-0.2, -0.15) is 5.10 Å². The number of rotatable bonds is 12. The molecule has 2 saturated carbocycles. The van der Waals surface area contributed by atoms with Gasteiger partial charge in [0.05, 0.1) is 29.7 Å². The number of hydrogen-bond donors (Lipinski definition) is 3. The van der Waals surface area contributed by atoms with Crippen molar-refractivity contribution < 1.29 is 19.1 Å². The SMILES string of the molecule is Cn1ncc(-c2nc(NC3CCC(NCc4ccc(COc5cccc6c5CN(C5CCC(=O)NC5=O)C6=O)cc4)CC3)ncc2Cl)c1CC1CC1. The van der Waals surface area contributed by atoms with Gasteiger partial charge in [-0.25, -0.2) is 9.97 Å². The molecule has 3 N–H and O–H groups in total. The summed E-state index contributed by atoms with van der Waals surface area (Å²) in [5, 5.41) is 14.7. The van der Waals surface area contributed by atoms with Crippen LogP contribution in [0.1, 0.15) is 84.1 Å². The number of amides is 3. The maximum Gasteiger partial charge on any atom is 0.255 e. The quantitative estimate of drug-likeness (QED) is 0.165. The number of carbonyl (C=O) groups excluding carboxylic acids is 3. The van der Waals surface area contributed by atoms with E-state index in [0.29, 0.717) is 47.4 Å². The van der Waals surface area contributed by atoms with Crippen LogP contribution in [0.5, 0.6) is 5.75 Å². The summed E-state index contributed by atoms with van der Waals surface area (Å²) in [7, 11) is 1.98. The lowest BCUT2D eigenvalue weighted by Gasteiger charge is -2.30. The highest BCUT2D eigenvalue weighted by Gasteiger charge is 2.40. The fourth-order valence-corrected chi connectivity index (χ4v) is 7.81. The molecule has 52 heavy (non-hydrogen) atoms. The van der Waals surface area contributed by atoms with E-state index < -0.39 is 11.9 Å². The lowest BCUT2D eigenvalue weighted by Crippen LogP contribution is -2.52. The van der Waals surface area contributed by atoms with Crippen molar-refractivity contribution in [3.8, 4) is 17.0 Å². The smallest absolute Gasteiger partial charge is 0.255 e. The number of ether oxygens (including phenoxy) is 1. The number of nitrogens with one attached hydrogen (secondary N) is 3. The van der Waals surface area contributed by atoms with Crippen LogP contribution in [-0.4, -0.2) is 60.5 Å². The third kappa shape index (κ3) is 7.40. The van der Waals surface area contributed by atoms with Crippen LogP contribution in [0.3, 0.4) is 0 Å². The summed E-state index contributed by atoms with van der Waals surface area (Å²) in [6, 6.07) is 13.9. The number of halogens is 1. The number of anilines is 1. The number of aromatic nitrogens is 4. The standard InChI is InChI=1S/C39H43ClN8O4/c1-47-33(17-23-5-6-23)29(19-43-47)36-31(40)20-42-39(46-36)44-27-13-11-26(12-14-27)41-18-24-7-9-25(10-8-24)22-52-34-4-2-3-28-30(34)21-48(38(28)51)32-15-16-35(49)45-37(32)50/h2-4,7-10,19-20,23,26-27,32,41H,5-6,11-18,21-22H2,1H3,(H,42,44,46)(H,45,49,50). The lowest BCUT2D eigenvalue weighted by atomic mass is 9.91. The van der Waals surface area contributed by atoms with Gasteiger partial charge in [-0.05, 0) is 80.5 Å². The largest absolute Gasteiger partial charge is 0.489 e. The summed E-state index contributed by atoms with van der Waals surface area (Å²) in [5.41, 5.74) is 6.46. The summed E-state index contributed by atoms with van der Waals surface area (Å²) in [6.45, 7) is 1.42. The van der Waals surface area contributed by atoms with Crippen LogP contribution in [0.25, 0.3) is 11.3 Å². The van der Waals surface area contributed by atoms with Crippen LogP contribution in [0.2, 0.25) is 5.02 Å². The molecular weight excluding hydrogens is 680 g/mol. The van der Waals surface area contributed by atoms with E-state index >= 15 is 0 Å². The number of fused-ring (bicyclic) bond motifs is 1. The molecular formula is C39H43ClN8O4. The van der Waals surface area contributed by atoms with Gasteiger partial charge in [0.2, 0.25) is 17.8 Å². The molecule has 3 fully saturated rings. The molecule has 270 valence electrons. The highest BCUT2D eigenvalue weighted by molar-refractivity contribution is 6.33. The van der Waals surface area contributed by atoms with Crippen LogP contribution in [-0.2, 0) is 42.8 Å². The first-order valence-corrected chi connectivity index (χ1v) is 18.7. The number of imide groups is 1. The first kappa shape index (κ1) is 34.3. The number of benzene rings is 2. The van der Waals surface area contributed by atoms with Gasteiger partial charge < -0.3 is 20.3 Å². The monoisotopic (exact) mass is 722 g/mol. The molecule has 2 aromatic heterocycles. The zero-order chi connectivity index (χ0) is 35.8. The van der Waals surface area contributed by atoms with Crippen LogP contribution in [0.4, 0.5) is 5.95 Å². The van der Waals surface area contributed by atoms with E-state index in [4.69, 9.17) is 21.3 Å². The first-order chi connectivity index (χ1) is 25.3. The second-order valence-corrected chi connectivity index (χ2v) is 14.9. The number of carbonyl (C=O) groups is 3. The number of piperidine rings is 1. The lowest BCUT2D eigenvalue weighted by molar-refractivity contribution is -0.136. The van der Waals surface area contributed by atoms with Gasteiger partial charge in [-0.1, -0.05) is 41.9 Å². The van der Waals surface area contributed by atoms with Gasteiger partial charge in [-0.3, -0.25) is 24.4 Å². The van der Waals surface area contributed by atoms with Gasteiger partial charge in [0.15, 0.2) is 0 Å². The average molecular weight is 723 g/mol. The highest BCUT2D eigenvalue weighted by atomic mass is 35.5. The fourth-order valence-electron chi connectivity index (χ4n) is 7.62. The number of nitrogens with zero attached hydrogens (tertiary/aromatic N) is 5. The van der Waals surface area contributed by atoms with Crippen LogP contribution >= 0.6 is 11.6 Å². The number of aryl methyl sites for hydroxylation is 1. The summed E-state index contributed by atoms with van der Waals surface area (Å²) in [5.74, 6) is 1.05. The fraction of sp³-hybridized carbons (Fsp3) is 0.436. The summed E-state index contributed by atoms with van der Waals surface area (Å²) >= 11 is 6.58. The van der Waals surface area contributed by atoms with Crippen LogP contribution in [0, 0.1) is 5.92 Å². The van der Waals surface area contributed by atoms with E-state index in [1.54, 1.807) is 23.2 Å². The topological polar surface area (TPSA) is 143 Å². The summed E-state index contributed by atoms with van der Waals surface area (Å²) < 4.78 is 8.14. The van der Waals surface area contributed by atoms with Gasteiger partial charge in [0.1, 0.15) is 18.4 Å². The van der Waals surface area contributed by atoms with Crippen molar-refractivity contribution in [1.29, 1.82) is 0 Å². The minimum atomic E-state index is -0.654. The molecule has 3 amide bonds. The molecule has 4 aromatic rings. The molecule has 12 nitrogen and oxygen atoms in total. The number of hydrogen-bond acceptors (Lipinski definition) is 9. The average Bonchev–Trinajstić information content (AvgIpc) is 3.82. The maximum atomic E-state index is 13.1. The van der Waals surface area contributed by atoms with E-state index in [0.717, 1.165) is 67.0 Å². The van der Waals surface area contributed by atoms with E-state index in [-0.39, 0.29) is 24.8 Å².